The van der Waals surface area contributed by atoms with Gasteiger partial charge >= 0.3 is 0 Å². The number of carbonyl (C=O) groups excluding carboxylic acids is 1. The largest absolute Gasteiger partial charge is 0.399 e. The molecule has 2 aliphatic rings. The number of carbonyl (C=O) groups is 1. The van der Waals surface area contributed by atoms with E-state index in [0.717, 1.165) is 57.6 Å². The smallest absolute Gasteiger partial charge is 0.256 e. The molecule has 0 unspecified atom stereocenters. The molecule has 1 aromatic carbocycles. The Hall–Kier alpha value is -1.75. The number of nitrogens with two attached hydrogens (primary N) is 1. The van der Waals surface area contributed by atoms with Crippen molar-refractivity contribution in [2.45, 2.75) is 31.8 Å². The summed E-state index contributed by atoms with van der Waals surface area (Å²) >= 11 is 0. The average molecular weight is 289 g/mol. The quantitative estimate of drug-likeness (QED) is 0.833. The number of ether oxygens (including phenoxy) is 1. The van der Waals surface area contributed by atoms with Gasteiger partial charge in [-0.1, -0.05) is 0 Å². The van der Waals surface area contributed by atoms with Crippen LogP contribution >= 0.6 is 0 Å². The molecule has 5 nitrogen and oxygen atoms in total. The Labute approximate surface area is 125 Å². The minimum Gasteiger partial charge on any atom is -0.399 e. The SMILES string of the molecule is Nc1ccc(NC[C@@H]2CCCO2)c(C(=O)N2CCCC2)c1. The predicted molar refractivity (Wildman–Crippen MR) is 83.5 cm³/mol. The van der Waals surface area contributed by atoms with Crippen molar-refractivity contribution in [2.24, 2.45) is 0 Å². The van der Waals surface area contributed by atoms with Gasteiger partial charge in [-0.3, -0.25) is 4.79 Å². The molecule has 0 radical (unpaired) electrons. The zero-order chi connectivity index (χ0) is 14.7. The van der Waals surface area contributed by atoms with Gasteiger partial charge in [0.25, 0.3) is 5.91 Å². The Morgan fingerprint density at radius 2 is 2.14 bits per heavy atom. The summed E-state index contributed by atoms with van der Waals surface area (Å²) in [7, 11) is 0. The number of rotatable bonds is 4. The molecule has 114 valence electrons. The standard InChI is InChI=1S/C16H23N3O2/c17-12-5-6-15(18-11-13-4-3-9-21-13)14(10-12)16(20)19-7-1-2-8-19/h5-6,10,13,18H,1-4,7-9,11,17H2/t13-/m0/s1. The lowest BCUT2D eigenvalue weighted by Gasteiger charge is -2.20. The van der Waals surface area contributed by atoms with Gasteiger partial charge in [0.2, 0.25) is 0 Å². The highest BCUT2D eigenvalue weighted by atomic mass is 16.5. The number of benzene rings is 1. The zero-order valence-corrected chi connectivity index (χ0v) is 12.3. The number of likely N-dealkylation sites (tertiary alicyclic amines) is 1. The van der Waals surface area contributed by atoms with Gasteiger partial charge in [-0.05, 0) is 43.9 Å². The fourth-order valence-electron chi connectivity index (χ4n) is 3.01. The molecule has 5 heteroatoms. The van der Waals surface area contributed by atoms with Crippen LogP contribution < -0.4 is 11.1 Å². The molecule has 2 saturated heterocycles. The summed E-state index contributed by atoms with van der Waals surface area (Å²) in [6, 6.07) is 5.50. The van der Waals surface area contributed by atoms with Crippen LogP contribution in [-0.2, 0) is 4.74 Å². The first-order valence-corrected chi connectivity index (χ1v) is 7.78. The highest BCUT2D eigenvalue weighted by molar-refractivity contribution is 6.00. The number of nitrogens with one attached hydrogen (secondary N) is 1. The molecule has 0 saturated carbocycles. The Kier molecular flexibility index (Phi) is 4.29. The maximum absolute atomic E-state index is 12.6. The van der Waals surface area contributed by atoms with Crippen LogP contribution in [0.15, 0.2) is 18.2 Å². The number of hydrogen-bond acceptors (Lipinski definition) is 4. The highest BCUT2D eigenvalue weighted by Gasteiger charge is 2.23. The van der Waals surface area contributed by atoms with E-state index in [-0.39, 0.29) is 12.0 Å². The summed E-state index contributed by atoms with van der Waals surface area (Å²) in [4.78, 5) is 14.5. The van der Waals surface area contributed by atoms with Crippen LogP contribution in [0.1, 0.15) is 36.0 Å². The van der Waals surface area contributed by atoms with E-state index in [0.29, 0.717) is 11.3 Å². The first-order chi connectivity index (χ1) is 10.2. The van der Waals surface area contributed by atoms with Crippen molar-refractivity contribution < 1.29 is 9.53 Å². The zero-order valence-electron chi connectivity index (χ0n) is 12.3. The van der Waals surface area contributed by atoms with Crippen LogP contribution in [-0.4, -0.2) is 43.2 Å². The first kappa shape index (κ1) is 14.2. The summed E-state index contributed by atoms with van der Waals surface area (Å²) in [5, 5.41) is 3.36. The van der Waals surface area contributed by atoms with E-state index in [1.807, 2.05) is 17.0 Å². The molecule has 2 aliphatic heterocycles. The van der Waals surface area contributed by atoms with Gasteiger partial charge in [0.1, 0.15) is 0 Å². The first-order valence-electron chi connectivity index (χ1n) is 7.78. The van der Waals surface area contributed by atoms with E-state index in [9.17, 15) is 4.79 Å². The molecule has 0 bridgehead atoms. The van der Waals surface area contributed by atoms with Crippen LogP contribution in [0.3, 0.4) is 0 Å². The average Bonchev–Trinajstić information content (AvgIpc) is 3.18. The van der Waals surface area contributed by atoms with E-state index < -0.39 is 0 Å². The minimum absolute atomic E-state index is 0.0784. The van der Waals surface area contributed by atoms with Gasteiger partial charge < -0.3 is 20.7 Å². The third kappa shape index (κ3) is 3.29. The molecule has 0 spiro atoms. The molecule has 21 heavy (non-hydrogen) atoms. The normalized spacial score (nSPS) is 21.7. The number of nitrogens with zero attached hydrogens (tertiary/aromatic N) is 1. The lowest BCUT2D eigenvalue weighted by atomic mass is 10.1. The highest BCUT2D eigenvalue weighted by Crippen LogP contribution is 2.23. The van der Waals surface area contributed by atoms with E-state index in [1.165, 1.54) is 0 Å². The van der Waals surface area contributed by atoms with E-state index >= 15 is 0 Å². The Balaban J connectivity index is 1.73. The van der Waals surface area contributed by atoms with Gasteiger partial charge in [-0.25, -0.2) is 0 Å². The van der Waals surface area contributed by atoms with Crippen LogP contribution in [0.5, 0.6) is 0 Å². The molecule has 1 aromatic rings. The van der Waals surface area contributed by atoms with Crippen LogP contribution in [0.4, 0.5) is 11.4 Å². The van der Waals surface area contributed by atoms with Gasteiger partial charge in [0.05, 0.1) is 11.7 Å². The number of amides is 1. The van der Waals surface area contributed by atoms with Gasteiger partial charge in [-0.2, -0.15) is 0 Å². The van der Waals surface area contributed by atoms with Crippen LogP contribution in [0.25, 0.3) is 0 Å². The lowest BCUT2D eigenvalue weighted by molar-refractivity contribution is 0.0793. The molecular weight excluding hydrogens is 266 g/mol. The van der Waals surface area contributed by atoms with Gasteiger partial charge in [-0.15, -0.1) is 0 Å². The second kappa shape index (κ2) is 6.35. The predicted octanol–water partition coefficient (Wildman–Crippen LogP) is 2.10. The van der Waals surface area contributed by atoms with Crippen molar-refractivity contribution in [1.29, 1.82) is 0 Å². The fourth-order valence-corrected chi connectivity index (χ4v) is 3.01. The topological polar surface area (TPSA) is 67.6 Å². The van der Waals surface area contributed by atoms with Gasteiger partial charge in [0.15, 0.2) is 0 Å². The molecule has 1 amide bonds. The summed E-state index contributed by atoms with van der Waals surface area (Å²) < 4.78 is 5.62. The Bertz CT molecular complexity index is 506. The van der Waals surface area contributed by atoms with Crippen molar-refractivity contribution in [1.82, 2.24) is 4.90 Å². The molecule has 0 aliphatic carbocycles. The van der Waals surface area contributed by atoms with Crippen LogP contribution in [0, 0.1) is 0 Å². The monoisotopic (exact) mass is 289 g/mol. The summed E-state index contributed by atoms with van der Waals surface area (Å²) in [6.07, 6.45) is 4.63. The van der Waals surface area contributed by atoms with Gasteiger partial charge in [0, 0.05) is 37.6 Å². The molecule has 3 rings (SSSR count). The lowest BCUT2D eigenvalue weighted by Crippen LogP contribution is -2.29. The van der Waals surface area contributed by atoms with Crippen molar-refractivity contribution in [2.75, 3.05) is 37.3 Å². The Morgan fingerprint density at radius 1 is 1.33 bits per heavy atom. The number of nitrogen functional groups attached to an aromatic ring is 1. The van der Waals surface area contributed by atoms with Crippen LogP contribution in [0.2, 0.25) is 0 Å². The summed E-state index contributed by atoms with van der Waals surface area (Å²) in [6.45, 7) is 3.27. The van der Waals surface area contributed by atoms with Crippen molar-refractivity contribution in [3.63, 3.8) is 0 Å². The molecule has 1 atom stereocenters. The minimum atomic E-state index is 0.0784. The number of hydrogen-bond donors (Lipinski definition) is 2. The molecule has 0 aromatic heterocycles. The molecule has 3 N–H and O–H groups in total. The van der Waals surface area contributed by atoms with Crippen molar-refractivity contribution >= 4 is 17.3 Å². The summed E-state index contributed by atoms with van der Waals surface area (Å²) in [5.74, 6) is 0.0784. The molecule has 2 heterocycles. The maximum atomic E-state index is 12.6. The van der Waals surface area contributed by atoms with E-state index in [2.05, 4.69) is 5.32 Å². The van der Waals surface area contributed by atoms with E-state index in [4.69, 9.17) is 10.5 Å². The summed E-state index contributed by atoms with van der Waals surface area (Å²) in [5.41, 5.74) is 8.02. The number of anilines is 2. The third-order valence-electron chi connectivity index (χ3n) is 4.21. The fraction of sp³-hybridized carbons (Fsp3) is 0.562. The van der Waals surface area contributed by atoms with E-state index in [1.54, 1.807) is 6.07 Å². The second-order valence-corrected chi connectivity index (χ2v) is 5.82. The second-order valence-electron chi connectivity index (χ2n) is 5.82. The Morgan fingerprint density at radius 3 is 2.86 bits per heavy atom. The maximum Gasteiger partial charge on any atom is 0.256 e. The van der Waals surface area contributed by atoms with Crippen molar-refractivity contribution in [3.05, 3.63) is 23.8 Å². The van der Waals surface area contributed by atoms with Crippen molar-refractivity contribution in [3.8, 4) is 0 Å². The molecule has 2 fully saturated rings. The third-order valence-corrected chi connectivity index (χ3v) is 4.21. The molecular formula is C16H23N3O2.